The van der Waals surface area contributed by atoms with Gasteiger partial charge < -0.3 is 75.3 Å². The molecule has 0 aromatic rings. The molecule has 404 valence electrons. The fourth-order valence-electron chi connectivity index (χ4n) is 9.38. The van der Waals surface area contributed by atoms with Gasteiger partial charge >= 0.3 is 0 Å². The molecule has 16 heteroatoms. The Kier molecular flexibility index (Phi) is 36.6. The maximum atomic E-state index is 13.4. The molecule has 0 aromatic heterocycles. The summed E-state index contributed by atoms with van der Waals surface area (Å²) in [5.41, 5.74) is 0. The first kappa shape index (κ1) is 63.0. The van der Waals surface area contributed by atoms with Crippen LogP contribution < -0.4 is 5.32 Å². The largest absolute Gasteiger partial charge is 0.394 e. The van der Waals surface area contributed by atoms with Crippen LogP contribution in [-0.4, -0.2) is 163 Å². The number of hydrogen-bond acceptors (Lipinski definition) is 15. The van der Waals surface area contributed by atoms with Crippen LogP contribution >= 0.6 is 0 Å². The molecule has 0 spiro atoms. The molecule has 0 aliphatic carbocycles. The van der Waals surface area contributed by atoms with Crippen LogP contribution in [0.25, 0.3) is 0 Å². The summed E-state index contributed by atoms with van der Waals surface area (Å²) >= 11 is 0. The Morgan fingerprint density at radius 3 is 1.26 bits per heavy atom. The Labute approximate surface area is 409 Å². The normalized spacial score (nSPS) is 27.2. The van der Waals surface area contributed by atoms with Crippen LogP contribution in [0, 0.1) is 0 Å². The molecular formula is C52H101NO15. The minimum Gasteiger partial charge on any atom is -0.394 e. The molecule has 0 bridgehead atoms. The predicted octanol–water partition coefficient (Wildman–Crippen LogP) is 5.72. The van der Waals surface area contributed by atoms with Crippen LogP contribution in [0.4, 0.5) is 0 Å². The maximum Gasteiger partial charge on any atom is 0.249 e. The molecule has 2 fully saturated rings. The number of carbonyl (C=O) groups is 1. The number of nitrogens with one attached hydrogen (secondary N) is 1. The Bertz CT molecular complexity index is 1190. The second kappa shape index (κ2) is 39.4. The molecule has 2 aliphatic rings. The second-order valence-corrected chi connectivity index (χ2v) is 20.0. The molecule has 2 saturated heterocycles. The number of ether oxygens (including phenoxy) is 4. The van der Waals surface area contributed by atoms with Gasteiger partial charge in [-0.25, -0.2) is 0 Å². The lowest BCUT2D eigenvalue weighted by atomic mass is 9.97. The Balaban J connectivity index is 1.94. The Morgan fingerprint density at radius 2 is 0.853 bits per heavy atom. The van der Waals surface area contributed by atoms with E-state index in [1.807, 2.05) is 0 Å². The van der Waals surface area contributed by atoms with E-state index in [1.54, 1.807) is 0 Å². The third-order valence-electron chi connectivity index (χ3n) is 14.0. The van der Waals surface area contributed by atoms with E-state index < -0.39 is 111 Å². The summed E-state index contributed by atoms with van der Waals surface area (Å²) in [7, 11) is 0. The van der Waals surface area contributed by atoms with Gasteiger partial charge in [-0.2, -0.15) is 0 Å². The van der Waals surface area contributed by atoms with Crippen LogP contribution in [0.1, 0.15) is 219 Å². The second-order valence-electron chi connectivity index (χ2n) is 20.0. The van der Waals surface area contributed by atoms with Gasteiger partial charge in [-0.1, -0.05) is 206 Å². The highest BCUT2D eigenvalue weighted by Gasteiger charge is 2.51. The minimum atomic E-state index is -1.87. The first-order valence-electron chi connectivity index (χ1n) is 27.5. The smallest absolute Gasteiger partial charge is 0.249 e. The third-order valence-corrected chi connectivity index (χ3v) is 14.0. The highest BCUT2D eigenvalue weighted by atomic mass is 16.8. The fourth-order valence-corrected chi connectivity index (χ4v) is 9.38. The average Bonchev–Trinajstić information content (AvgIpc) is 3.34. The molecule has 1 amide bonds. The van der Waals surface area contributed by atoms with Crippen molar-refractivity contribution in [2.75, 3.05) is 19.8 Å². The lowest BCUT2D eigenvalue weighted by Gasteiger charge is -2.46. The van der Waals surface area contributed by atoms with E-state index in [0.29, 0.717) is 12.8 Å². The van der Waals surface area contributed by atoms with E-state index >= 15 is 0 Å². The van der Waals surface area contributed by atoms with Gasteiger partial charge in [-0.05, 0) is 12.8 Å². The summed E-state index contributed by atoms with van der Waals surface area (Å²) in [5.74, 6) is -0.773. The van der Waals surface area contributed by atoms with Crippen molar-refractivity contribution in [3.05, 3.63) is 0 Å². The van der Waals surface area contributed by atoms with Crippen molar-refractivity contribution in [2.45, 2.75) is 305 Å². The van der Waals surface area contributed by atoms with Gasteiger partial charge in [0.05, 0.1) is 32.0 Å². The summed E-state index contributed by atoms with van der Waals surface area (Å²) in [5, 5.41) is 109. The van der Waals surface area contributed by atoms with E-state index in [0.717, 1.165) is 51.4 Å². The summed E-state index contributed by atoms with van der Waals surface area (Å²) < 4.78 is 22.9. The number of amides is 1. The third kappa shape index (κ3) is 25.5. The molecule has 14 atom stereocenters. The Morgan fingerprint density at radius 1 is 0.485 bits per heavy atom. The molecule has 2 aliphatic heterocycles. The zero-order chi connectivity index (χ0) is 49.9. The van der Waals surface area contributed by atoms with Gasteiger partial charge in [0.2, 0.25) is 5.91 Å². The van der Waals surface area contributed by atoms with Gasteiger partial charge in [0.15, 0.2) is 12.6 Å². The van der Waals surface area contributed by atoms with Crippen molar-refractivity contribution >= 4 is 5.91 Å². The molecule has 0 saturated carbocycles. The summed E-state index contributed by atoms with van der Waals surface area (Å²) in [4.78, 5) is 13.4. The quantitative estimate of drug-likeness (QED) is 0.0327. The van der Waals surface area contributed by atoms with Crippen LogP contribution in [-0.2, 0) is 23.7 Å². The van der Waals surface area contributed by atoms with E-state index in [9.17, 15) is 55.9 Å². The van der Waals surface area contributed by atoms with Crippen LogP contribution in [0.2, 0.25) is 0 Å². The number of aliphatic hydroxyl groups is 10. The lowest BCUT2D eigenvalue weighted by Crippen LogP contribution is -2.65. The molecule has 68 heavy (non-hydrogen) atoms. The van der Waals surface area contributed by atoms with E-state index in [2.05, 4.69) is 19.2 Å². The van der Waals surface area contributed by atoms with Crippen molar-refractivity contribution in [2.24, 2.45) is 0 Å². The first-order chi connectivity index (χ1) is 32.9. The standard InChI is InChI=1S/C52H101NO15/c1-3-5-7-9-11-13-15-17-18-19-20-22-24-26-28-30-32-34-40(57)50(64)53-38(43(58)39(56)33-31-29-27-25-23-21-16-14-12-10-8-6-4-2)37-65-52-49(47(62)45(60)42(36-55)67-52)68-51-48(63)46(61)44(59)41(35-54)66-51/h38-49,51-52,54-63H,3-37H2,1-2H3,(H,53,64). The topological polar surface area (TPSA) is 268 Å². The van der Waals surface area contributed by atoms with Gasteiger partial charge in [0.25, 0.3) is 0 Å². The van der Waals surface area contributed by atoms with Crippen LogP contribution in [0.15, 0.2) is 0 Å². The average molecular weight is 980 g/mol. The van der Waals surface area contributed by atoms with Gasteiger partial charge in [-0.3, -0.25) is 4.79 Å². The highest BCUT2D eigenvalue weighted by Crippen LogP contribution is 2.30. The number of hydrogen-bond donors (Lipinski definition) is 11. The van der Waals surface area contributed by atoms with Crippen LogP contribution in [0.5, 0.6) is 0 Å². The van der Waals surface area contributed by atoms with E-state index in [1.165, 1.54) is 128 Å². The van der Waals surface area contributed by atoms with Gasteiger partial charge in [0.1, 0.15) is 61.0 Å². The van der Waals surface area contributed by atoms with Gasteiger partial charge in [-0.15, -0.1) is 0 Å². The SMILES string of the molecule is CCCCCCCCCCCCCCCCCCCC(O)C(=O)NC(COC1OC(CO)C(O)C(O)C1OC1OC(CO)C(O)C(O)C1O)C(O)C(O)CCCCCCCCCCCCCCC. The molecule has 11 N–H and O–H groups in total. The summed E-state index contributed by atoms with van der Waals surface area (Å²) in [6.07, 6.45) is 14.9. The molecule has 0 aromatic carbocycles. The summed E-state index contributed by atoms with van der Waals surface area (Å²) in [6.45, 7) is 2.41. The maximum absolute atomic E-state index is 13.4. The molecule has 0 radical (unpaired) electrons. The number of unbranched alkanes of at least 4 members (excludes halogenated alkanes) is 28. The summed E-state index contributed by atoms with van der Waals surface area (Å²) in [6, 6.07) is -1.31. The first-order valence-corrected chi connectivity index (χ1v) is 27.5. The van der Waals surface area contributed by atoms with E-state index in [4.69, 9.17) is 18.9 Å². The lowest BCUT2D eigenvalue weighted by molar-refractivity contribution is -0.368. The number of carbonyl (C=O) groups excluding carboxylic acids is 1. The zero-order valence-corrected chi connectivity index (χ0v) is 42.3. The van der Waals surface area contributed by atoms with E-state index in [-0.39, 0.29) is 12.8 Å². The van der Waals surface area contributed by atoms with Crippen molar-refractivity contribution < 1.29 is 74.8 Å². The van der Waals surface area contributed by atoms with Gasteiger partial charge in [0, 0.05) is 0 Å². The molecular weight excluding hydrogens is 879 g/mol. The molecule has 14 unspecified atom stereocenters. The van der Waals surface area contributed by atoms with Crippen molar-refractivity contribution in [3.63, 3.8) is 0 Å². The molecule has 16 nitrogen and oxygen atoms in total. The van der Waals surface area contributed by atoms with Crippen molar-refractivity contribution in [1.82, 2.24) is 5.32 Å². The number of rotatable bonds is 43. The molecule has 2 heterocycles. The molecule has 2 rings (SSSR count). The van der Waals surface area contributed by atoms with Crippen molar-refractivity contribution in [3.8, 4) is 0 Å². The minimum absolute atomic E-state index is 0.193. The predicted molar refractivity (Wildman–Crippen MR) is 261 cm³/mol. The zero-order valence-electron chi connectivity index (χ0n) is 42.3. The number of aliphatic hydroxyl groups excluding tert-OH is 10. The monoisotopic (exact) mass is 980 g/mol. The Hall–Kier alpha value is -1.09. The highest BCUT2D eigenvalue weighted by molar-refractivity contribution is 5.80. The fraction of sp³-hybridized carbons (Fsp3) is 0.981. The van der Waals surface area contributed by atoms with Crippen molar-refractivity contribution in [1.29, 1.82) is 0 Å². The van der Waals surface area contributed by atoms with Crippen LogP contribution in [0.3, 0.4) is 0 Å².